The van der Waals surface area contributed by atoms with Crippen LogP contribution in [0.5, 0.6) is 0 Å². The van der Waals surface area contributed by atoms with Crippen molar-refractivity contribution in [3.8, 4) is 0 Å². The number of rotatable bonds is 2. The summed E-state index contributed by atoms with van der Waals surface area (Å²) in [5.41, 5.74) is 6.08. The maximum Gasteiger partial charge on any atom is 0.221 e. The third kappa shape index (κ3) is 1.85. The molecule has 1 rings (SSSR count). The molecule has 0 radical (unpaired) electrons. The van der Waals surface area contributed by atoms with Crippen LogP contribution in [-0.4, -0.2) is 19.0 Å². The van der Waals surface area contributed by atoms with Crippen molar-refractivity contribution < 1.29 is 4.79 Å². The molecule has 0 saturated heterocycles. The van der Waals surface area contributed by atoms with E-state index in [1.54, 1.807) is 0 Å². The lowest BCUT2D eigenvalue weighted by molar-refractivity contribution is -0.117. The highest BCUT2D eigenvalue weighted by molar-refractivity contribution is 5.76. The van der Waals surface area contributed by atoms with E-state index in [4.69, 9.17) is 5.73 Å². The maximum absolute atomic E-state index is 10.3. The molecule has 0 unspecified atom stereocenters. The minimum atomic E-state index is -0.245. The van der Waals surface area contributed by atoms with Crippen molar-refractivity contribution >= 4 is 5.91 Å². The predicted molar refractivity (Wildman–Crippen MR) is 34.8 cm³/mol. The van der Waals surface area contributed by atoms with Gasteiger partial charge in [0.15, 0.2) is 0 Å². The number of nitrogens with two attached hydrogens (primary N) is 1. The summed E-state index contributed by atoms with van der Waals surface area (Å²) in [6.07, 6.45) is 2.41. The molecule has 3 nitrogen and oxygen atoms in total. The second-order valence-corrected chi connectivity index (χ2v) is 2.14. The van der Waals surface area contributed by atoms with Gasteiger partial charge in [-0.2, -0.15) is 0 Å². The normalized spacial score (nSPS) is 17.6. The second-order valence-electron chi connectivity index (χ2n) is 2.14. The molecular formula is C6H10N2O. The molecule has 1 aliphatic rings. The quantitative estimate of drug-likeness (QED) is 0.485. The third-order valence-electron chi connectivity index (χ3n) is 1.29. The lowest BCUT2D eigenvalue weighted by Gasteiger charge is -1.94. The Morgan fingerprint density at radius 3 is 3.11 bits per heavy atom. The van der Waals surface area contributed by atoms with Gasteiger partial charge in [-0.1, -0.05) is 6.08 Å². The van der Waals surface area contributed by atoms with Crippen LogP contribution in [0.4, 0.5) is 0 Å². The fraction of sp³-hybridized carbons (Fsp3) is 0.500. The van der Waals surface area contributed by atoms with Crippen LogP contribution in [0.2, 0.25) is 0 Å². The molecule has 50 valence electrons. The molecule has 1 heterocycles. The van der Waals surface area contributed by atoms with Crippen LogP contribution in [0.1, 0.15) is 6.42 Å². The van der Waals surface area contributed by atoms with E-state index < -0.39 is 0 Å². The van der Waals surface area contributed by atoms with E-state index in [0.29, 0.717) is 6.42 Å². The van der Waals surface area contributed by atoms with E-state index in [-0.39, 0.29) is 5.91 Å². The highest BCUT2D eigenvalue weighted by atomic mass is 16.1. The monoisotopic (exact) mass is 126 g/mol. The van der Waals surface area contributed by atoms with Gasteiger partial charge in [-0.3, -0.25) is 4.79 Å². The Labute approximate surface area is 53.9 Å². The van der Waals surface area contributed by atoms with Gasteiger partial charge in [0.05, 0.1) is 0 Å². The Morgan fingerprint density at radius 1 is 1.89 bits per heavy atom. The van der Waals surface area contributed by atoms with Crippen molar-refractivity contribution in [3.05, 3.63) is 11.6 Å². The third-order valence-corrected chi connectivity index (χ3v) is 1.29. The Kier molecular flexibility index (Phi) is 1.85. The highest BCUT2D eigenvalue weighted by Gasteiger charge is 2.04. The van der Waals surface area contributed by atoms with Crippen LogP contribution in [-0.2, 0) is 4.79 Å². The molecule has 0 bridgehead atoms. The van der Waals surface area contributed by atoms with Gasteiger partial charge in [-0.05, 0) is 5.57 Å². The molecule has 0 fully saturated rings. The summed E-state index contributed by atoms with van der Waals surface area (Å²) in [5, 5.41) is 3.08. The number of carbonyl (C=O) groups excluding carboxylic acids is 1. The van der Waals surface area contributed by atoms with E-state index in [9.17, 15) is 4.79 Å². The van der Waals surface area contributed by atoms with Gasteiger partial charge >= 0.3 is 0 Å². The summed E-state index contributed by atoms with van der Waals surface area (Å²) < 4.78 is 0. The number of hydrogen-bond acceptors (Lipinski definition) is 2. The van der Waals surface area contributed by atoms with Gasteiger partial charge in [0.25, 0.3) is 0 Å². The van der Waals surface area contributed by atoms with Gasteiger partial charge in [-0.15, -0.1) is 0 Å². The summed E-state index contributed by atoms with van der Waals surface area (Å²) >= 11 is 0. The van der Waals surface area contributed by atoms with E-state index in [0.717, 1.165) is 18.7 Å². The second kappa shape index (κ2) is 2.64. The van der Waals surface area contributed by atoms with E-state index >= 15 is 0 Å². The van der Waals surface area contributed by atoms with Crippen molar-refractivity contribution in [1.29, 1.82) is 0 Å². The molecule has 0 aromatic heterocycles. The first kappa shape index (κ1) is 6.29. The zero-order chi connectivity index (χ0) is 6.69. The maximum atomic E-state index is 10.3. The molecule has 0 spiro atoms. The van der Waals surface area contributed by atoms with Gasteiger partial charge in [0.2, 0.25) is 5.91 Å². The smallest absolute Gasteiger partial charge is 0.221 e. The van der Waals surface area contributed by atoms with Crippen molar-refractivity contribution in [2.45, 2.75) is 6.42 Å². The first-order valence-corrected chi connectivity index (χ1v) is 2.96. The first-order valence-electron chi connectivity index (χ1n) is 2.96. The summed E-state index contributed by atoms with van der Waals surface area (Å²) in [4.78, 5) is 10.3. The van der Waals surface area contributed by atoms with Crippen molar-refractivity contribution in [1.82, 2.24) is 5.32 Å². The molecule has 1 amide bonds. The van der Waals surface area contributed by atoms with Crippen LogP contribution < -0.4 is 11.1 Å². The molecule has 9 heavy (non-hydrogen) atoms. The van der Waals surface area contributed by atoms with Crippen LogP contribution in [0.3, 0.4) is 0 Å². The number of primary amides is 1. The molecule has 1 aliphatic heterocycles. The molecule has 0 aromatic rings. The molecular weight excluding hydrogens is 116 g/mol. The van der Waals surface area contributed by atoms with Crippen molar-refractivity contribution in [2.75, 3.05) is 13.1 Å². The number of nitrogens with one attached hydrogen (secondary N) is 1. The van der Waals surface area contributed by atoms with Crippen LogP contribution in [0, 0.1) is 0 Å². The van der Waals surface area contributed by atoms with Gasteiger partial charge < -0.3 is 11.1 Å². The topological polar surface area (TPSA) is 55.1 Å². The Hall–Kier alpha value is -0.830. The average molecular weight is 126 g/mol. The van der Waals surface area contributed by atoms with Crippen LogP contribution in [0.15, 0.2) is 11.6 Å². The molecule has 3 N–H and O–H groups in total. The standard InChI is InChI=1S/C6H10N2O/c7-6(9)3-5-1-2-8-4-5/h1,8H,2-4H2,(H2,7,9). The molecule has 3 heteroatoms. The summed E-state index contributed by atoms with van der Waals surface area (Å²) in [7, 11) is 0. The Bertz CT molecular complexity index is 151. The SMILES string of the molecule is NC(=O)CC1=CCNC1. The number of amides is 1. The summed E-state index contributed by atoms with van der Waals surface area (Å²) in [5.74, 6) is -0.245. The van der Waals surface area contributed by atoms with E-state index in [1.807, 2.05) is 6.08 Å². The fourth-order valence-electron chi connectivity index (χ4n) is 0.880. The lowest BCUT2D eigenvalue weighted by Crippen LogP contribution is -2.14. The molecule has 0 saturated carbocycles. The van der Waals surface area contributed by atoms with Crippen molar-refractivity contribution in [3.63, 3.8) is 0 Å². The van der Waals surface area contributed by atoms with Gasteiger partial charge in [0.1, 0.15) is 0 Å². The minimum Gasteiger partial charge on any atom is -0.369 e. The van der Waals surface area contributed by atoms with Crippen LogP contribution >= 0.6 is 0 Å². The lowest BCUT2D eigenvalue weighted by atomic mass is 10.2. The van der Waals surface area contributed by atoms with E-state index in [1.165, 1.54) is 0 Å². The zero-order valence-corrected chi connectivity index (χ0v) is 5.18. The van der Waals surface area contributed by atoms with Gasteiger partial charge in [-0.25, -0.2) is 0 Å². The largest absolute Gasteiger partial charge is 0.369 e. The Morgan fingerprint density at radius 2 is 2.67 bits per heavy atom. The van der Waals surface area contributed by atoms with Gasteiger partial charge in [0, 0.05) is 19.5 Å². The van der Waals surface area contributed by atoms with Crippen molar-refractivity contribution in [2.24, 2.45) is 5.73 Å². The molecule has 0 aromatic carbocycles. The minimum absolute atomic E-state index is 0.245. The zero-order valence-electron chi connectivity index (χ0n) is 5.18. The Balaban J connectivity index is 2.35. The first-order chi connectivity index (χ1) is 4.29. The van der Waals surface area contributed by atoms with Crippen LogP contribution in [0.25, 0.3) is 0 Å². The summed E-state index contributed by atoms with van der Waals surface area (Å²) in [6.45, 7) is 1.70. The van der Waals surface area contributed by atoms with E-state index in [2.05, 4.69) is 5.32 Å². The molecule has 0 aliphatic carbocycles. The fourth-order valence-corrected chi connectivity index (χ4v) is 0.880. The number of hydrogen-bond donors (Lipinski definition) is 2. The molecule has 0 atom stereocenters. The summed E-state index contributed by atoms with van der Waals surface area (Å²) in [6, 6.07) is 0. The average Bonchev–Trinajstić information content (AvgIpc) is 2.15. The predicted octanol–water partition coefficient (Wildman–Crippen LogP) is -0.609. The number of carbonyl (C=O) groups is 1. The highest BCUT2D eigenvalue weighted by Crippen LogP contribution is 2.02.